The van der Waals surface area contributed by atoms with Gasteiger partial charge in [-0.2, -0.15) is 0 Å². The first-order valence-corrected chi connectivity index (χ1v) is 18.9. The Hall–Kier alpha value is -2.74. The number of rotatable bonds is 24. The zero-order chi connectivity index (χ0) is 32.1. The zero-order valence-corrected chi connectivity index (χ0v) is 29.5. The van der Waals surface area contributed by atoms with Crippen molar-refractivity contribution in [1.29, 1.82) is 0 Å². The third kappa shape index (κ3) is 11.8. The van der Waals surface area contributed by atoms with Crippen LogP contribution in [0.15, 0.2) is 71.8 Å². The molecule has 0 fully saturated rings. The molecular weight excluding hydrogens is 544 g/mol. The lowest BCUT2D eigenvalue weighted by Gasteiger charge is -2.13. The molecule has 0 unspecified atom stereocenters. The highest BCUT2D eigenvalue weighted by Gasteiger charge is 2.36. The first-order chi connectivity index (χ1) is 22.2. The maximum atomic E-state index is 12.2. The minimum absolute atomic E-state index is 0.994. The quantitative estimate of drug-likeness (QED) is 0.0643. The lowest BCUT2D eigenvalue weighted by Crippen LogP contribution is -2.05. The molecule has 2 nitrogen and oxygen atoms in total. The van der Waals surface area contributed by atoms with Crippen molar-refractivity contribution in [3.63, 3.8) is 0 Å². The first kappa shape index (κ1) is 36.7. The Labute approximate surface area is 277 Å². The largest absolute Gasteiger partial charge is 0.493 e. The molecule has 0 saturated heterocycles. The summed E-state index contributed by atoms with van der Waals surface area (Å²) in [5.74, 6) is 0. The fourth-order valence-corrected chi connectivity index (χ4v) is 6.79. The van der Waals surface area contributed by atoms with Crippen LogP contribution in [0, 0.1) is 0 Å². The maximum Gasteiger partial charge on any atom is 0.211 e. The second kappa shape index (κ2) is 21.9. The fraction of sp³-hybridized carbons (Fsp3) is 0.581. The number of hydrogen-bond acceptors (Lipinski definition) is 0. The summed E-state index contributed by atoms with van der Waals surface area (Å²) in [7, 11) is 0. The smallest absolute Gasteiger partial charge is 0.211 e. The molecule has 246 valence electrons. The van der Waals surface area contributed by atoms with Crippen LogP contribution in [0.25, 0.3) is 16.9 Å². The van der Waals surface area contributed by atoms with Gasteiger partial charge in [-0.1, -0.05) is 141 Å². The van der Waals surface area contributed by atoms with E-state index in [9.17, 15) is 5.53 Å². The second-order valence-electron chi connectivity index (χ2n) is 13.3. The molecule has 2 aromatic rings. The molecule has 3 rings (SSSR count). The summed E-state index contributed by atoms with van der Waals surface area (Å²) in [6.45, 7) is 9.12. The fourth-order valence-electron chi connectivity index (χ4n) is 6.79. The Balaban J connectivity index is 1.94. The number of hydrogen-bond donors (Lipinski definition) is 0. The summed E-state index contributed by atoms with van der Waals surface area (Å²) >= 11 is 0. The van der Waals surface area contributed by atoms with Gasteiger partial charge in [0.15, 0.2) is 0 Å². The third-order valence-electron chi connectivity index (χ3n) is 9.43. The molecule has 2 aromatic carbocycles. The summed E-state index contributed by atoms with van der Waals surface area (Å²) in [5.41, 5.74) is 22.1. The number of allylic oxidation sites excluding steroid dienone is 4. The molecule has 0 bridgehead atoms. The van der Waals surface area contributed by atoms with Gasteiger partial charge >= 0.3 is 0 Å². The van der Waals surface area contributed by atoms with Crippen LogP contribution in [-0.2, 0) is 12.8 Å². The van der Waals surface area contributed by atoms with Crippen LogP contribution in [0.3, 0.4) is 0 Å². The second-order valence-corrected chi connectivity index (χ2v) is 13.3. The molecular formula is C43H64N2. The first-order valence-electron chi connectivity index (χ1n) is 18.9. The predicted octanol–water partition coefficient (Wildman–Crippen LogP) is 14.0. The van der Waals surface area contributed by atoms with Crippen molar-refractivity contribution in [1.82, 2.24) is 0 Å². The molecule has 1 heterocycles. The molecule has 1 aliphatic heterocycles. The maximum absolute atomic E-state index is 12.2. The zero-order valence-electron chi connectivity index (χ0n) is 29.5. The van der Waals surface area contributed by atoms with Gasteiger partial charge in [-0.3, -0.25) is 0 Å². The van der Waals surface area contributed by atoms with Gasteiger partial charge in [0.05, 0.1) is 0 Å². The summed E-state index contributed by atoms with van der Waals surface area (Å²) in [6.07, 6.45) is 30.1. The SMILES string of the molecule is CCCCCC=CCCc1ccccc1C1=C(CCCC)C(CCCCCC)=C(c2cccc(CCCCCCCC)c2)[N+]1=[N-]. The lowest BCUT2D eigenvalue weighted by atomic mass is 9.90. The predicted molar refractivity (Wildman–Crippen MR) is 197 cm³/mol. The number of benzene rings is 2. The van der Waals surface area contributed by atoms with E-state index in [0.29, 0.717) is 0 Å². The van der Waals surface area contributed by atoms with Crippen molar-refractivity contribution in [2.45, 2.75) is 163 Å². The minimum atomic E-state index is 0.994. The van der Waals surface area contributed by atoms with Crippen molar-refractivity contribution in [3.8, 4) is 0 Å². The van der Waals surface area contributed by atoms with Gasteiger partial charge in [0, 0.05) is 22.3 Å². The number of nitrogens with zero attached hydrogens (tertiary/aromatic N) is 2. The summed E-state index contributed by atoms with van der Waals surface area (Å²) < 4.78 is 1.60. The molecule has 45 heavy (non-hydrogen) atoms. The normalized spacial score (nSPS) is 13.6. The molecule has 0 amide bonds. The number of unbranched alkanes of at least 4 members (excludes halogenated alkanes) is 12. The van der Waals surface area contributed by atoms with Crippen LogP contribution in [0.5, 0.6) is 0 Å². The molecule has 1 aliphatic rings. The van der Waals surface area contributed by atoms with Crippen LogP contribution < -0.4 is 0 Å². The van der Waals surface area contributed by atoms with Gasteiger partial charge in [0.25, 0.3) is 0 Å². The molecule has 0 saturated carbocycles. The van der Waals surface area contributed by atoms with Crippen molar-refractivity contribution >= 4 is 11.4 Å². The van der Waals surface area contributed by atoms with Crippen molar-refractivity contribution in [2.75, 3.05) is 0 Å². The summed E-state index contributed by atoms with van der Waals surface area (Å²) in [4.78, 5) is 0. The van der Waals surface area contributed by atoms with Crippen molar-refractivity contribution < 1.29 is 4.70 Å². The van der Waals surface area contributed by atoms with Gasteiger partial charge in [0.2, 0.25) is 11.4 Å². The number of aryl methyl sites for hydroxylation is 2. The van der Waals surface area contributed by atoms with E-state index in [1.807, 2.05) is 0 Å². The molecule has 0 atom stereocenters. The Morgan fingerprint density at radius 1 is 0.533 bits per heavy atom. The Bertz CT molecular complexity index is 1240. The lowest BCUT2D eigenvalue weighted by molar-refractivity contribution is -0.345. The molecule has 0 aromatic heterocycles. The molecule has 0 spiro atoms. The van der Waals surface area contributed by atoms with Gasteiger partial charge in [0.1, 0.15) is 0 Å². The average molecular weight is 609 g/mol. The van der Waals surface area contributed by atoms with E-state index < -0.39 is 0 Å². The van der Waals surface area contributed by atoms with Crippen LogP contribution in [0.2, 0.25) is 0 Å². The topological polar surface area (TPSA) is 25.3 Å². The Morgan fingerprint density at radius 3 is 1.91 bits per heavy atom. The van der Waals surface area contributed by atoms with Crippen molar-refractivity contribution in [2.24, 2.45) is 0 Å². The van der Waals surface area contributed by atoms with Crippen LogP contribution in [0.1, 0.15) is 172 Å². The molecule has 0 N–H and O–H groups in total. The molecule has 0 aliphatic carbocycles. The average Bonchev–Trinajstić information content (AvgIpc) is 3.33. The van der Waals surface area contributed by atoms with E-state index in [-0.39, 0.29) is 0 Å². The Morgan fingerprint density at radius 2 is 1.13 bits per heavy atom. The highest BCUT2D eigenvalue weighted by molar-refractivity contribution is 5.83. The van der Waals surface area contributed by atoms with E-state index >= 15 is 0 Å². The molecule has 0 radical (unpaired) electrons. The van der Waals surface area contributed by atoms with E-state index in [1.165, 1.54) is 123 Å². The van der Waals surface area contributed by atoms with Gasteiger partial charge in [-0.05, 0) is 93.5 Å². The summed E-state index contributed by atoms with van der Waals surface area (Å²) in [5, 5.41) is 0. The van der Waals surface area contributed by atoms with Gasteiger partial charge in [-0.25, -0.2) is 4.70 Å². The standard InChI is InChI=1S/C43H64N2/c1-5-9-13-16-18-20-22-29-37-30-24-25-33-39(37)43-41(32-12-8-4)40(34-23-15-11-7-3)42(45(43)44)38-31-26-28-36(35-38)27-21-19-17-14-10-6-2/h18,20,24-26,28,30-31,33,35H,5-17,19,21-23,27,29,32,34H2,1-4H3. The third-order valence-corrected chi connectivity index (χ3v) is 9.43. The Kier molecular flexibility index (Phi) is 17.9. The summed E-state index contributed by atoms with van der Waals surface area (Å²) in [6, 6.07) is 17.9. The highest BCUT2D eigenvalue weighted by atomic mass is 15.2. The van der Waals surface area contributed by atoms with Crippen LogP contribution in [-0.4, -0.2) is 4.70 Å². The van der Waals surface area contributed by atoms with Gasteiger partial charge in [-0.15, -0.1) is 0 Å². The van der Waals surface area contributed by atoms with Crippen LogP contribution >= 0.6 is 0 Å². The highest BCUT2D eigenvalue weighted by Crippen LogP contribution is 2.45. The van der Waals surface area contributed by atoms with E-state index in [2.05, 4.69) is 88.4 Å². The van der Waals surface area contributed by atoms with E-state index in [0.717, 1.165) is 56.3 Å². The van der Waals surface area contributed by atoms with E-state index in [1.54, 1.807) is 4.70 Å². The van der Waals surface area contributed by atoms with Crippen LogP contribution in [0.4, 0.5) is 0 Å². The van der Waals surface area contributed by atoms with Gasteiger partial charge < -0.3 is 5.53 Å². The minimum Gasteiger partial charge on any atom is -0.493 e. The van der Waals surface area contributed by atoms with Crippen molar-refractivity contribution in [3.05, 3.63) is 99.6 Å². The van der Waals surface area contributed by atoms with E-state index in [4.69, 9.17) is 0 Å². The monoisotopic (exact) mass is 609 g/mol. The molecule has 2 heteroatoms.